The Labute approximate surface area is 235 Å². The van der Waals surface area contributed by atoms with E-state index in [2.05, 4.69) is 34.1 Å². The van der Waals surface area contributed by atoms with E-state index >= 15 is 0 Å². The quantitative estimate of drug-likeness (QED) is 0.314. The number of nitrogens with zero attached hydrogens (tertiary/aromatic N) is 4. The van der Waals surface area contributed by atoms with Crippen molar-refractivity contribution in [3.05, 3.63) is 91.3 Å². The molecule has 0 radical (unpaired) electrons. The Balaban J connectivity index is 1.23. The summed E-state index contributed by atoms with van der Waals surface area (Å²) in [6, 6.07) is 15.0. The van der Waals surface area contributed by atoms with E-state index in [1.807, 2.05) is 6.07 Å². The highest BCUT2D eigenvalue weighted by atomic mass is 35.5. The van der Waals surface area contributed by atoms with Gasteiger partial charge in [0.05, 0.1) is 16.7 Å². The van der Waals surface area contributed by atoms with Crippen LogP contribution in [0.5, 0.6) is 0 Å². The molecule has 0 spiro atoms. The minimum atomic E-state index is -3.84. The SMILES string of the molecule is O=c1c2c3c(sc2ncn1C1CCN(Cc2ccccc2)CC1)CN(S(=O)(=O)c1cc(Cl)ccc1Cl)CC3. The number of fused-ring (bicyclic) bond motifs is 3. The molecule has 38 heavy (non-hydrogen) atoms. The van der Waals surface area contributed by atoms with Crippen LogP contribution in [0.3, 0.4) is 0 Å². The molecule has 4 heterocycles. The van der Waals surface area contributed by atoms with Gasteiger partial charge in [0, 0.05) is 48.7 Å². The third kappa shape index (κ3) is 4.80. The lowest BCUT2D eigenvalue weighted by atomic mass is 10.0. The number of thiophene rings is 1. The van der Waals surface area contributed by atoms with Gasteiger partial charge in [-0.25, -0.2) is 13.4 Å². The molecule has 0 atom stereocenters. The van der Waals surface area contributed by atoms with Crippen LogP contribution >= 0.6 is 34.5 Å². The number of benzene rings is 2. The Morgan fingerprint density at radius 3 is 2.55 bits per heavy atom. The van der Waals surface area contributed by atoms with Crippen molar-refractivity contribution in [2.75, 3.05) is 19.6 Å². The van der Waals surface area contributed by atoms with Gasteiger partial charge >= 0.3 is 0 Å². The highest BCUT2D eigenvalue weighted by Crippen LogP contribution is 2.36. The summed E-state index contributed by atoms with van der Waals surface area (Å²) in [4.78, 5) is 22.3. The van der Waals surface area contributed by atoms with Crippen molar-refractivity contribution < 1.29 is 8.42 Å². The number of halogens is 2. The second-order valence-electron chi connectivity index (χ2n) is 9.80. The van der Waals surface area contributed by atoms with Gasteiger partial charge in [0.2, 0.25) is 10.0 Å². The average Bonchev–Trinajstić information content (AvgIpc) is 3.30. The molecule has 0 bridgehead atoms. The van der Waals surface area contributed by atoms with Crippen LogP contribution in [0.1, 0.15) is 34.9 Å². The Morgan fingerprint density at radius 1 is 1.03 bits per heavy atom. The summed E-state index contributed by atoms with van der Waals surface area (Å²) in [6.07, 6.45) is 3.89. The molecular weight excluding hydrogens is 563 g/mol. The Bertz CT molecular complexity index is 1660. The third-order valence-electron chi connectivity index (χ3n) is 7.46. The van der Waals surface area contributed by atoms with Crippen molar-refractivity contribution in [2.45, 2.75) is 43.3 Å². The number of rotatable bonds is 5. The molecule has 7 nitrogen and oxygen atoms in total. The van der Waals surface area contributed by atoms with Crippen LogP contribution in [0.2, 0.25) is 10.0 Å². The van der Waals surface area contributed by atoms with Gasteiger partial charge in [-0.1, -0.05) is 53.5 Å². The molecule has 0 saturated carbocycles. The first-order valence-corrected chi connectivity index (χ1v) is 15.6. The lowest BCUT2D eigenvalue weighted by Gasteiger charge is -2.32. The summed E-state index contributed by atoms with van der Waals surface area (Å²) in [5.74, 6) is 0. The van der Waals surface area contributed by atoms with Crippen molar-refractivity contribution in [1.82, 2.24) is 18.8 Å². The summed E-state index contributed by atoms with van der Waals surface area (Å²) in [7, 11) is -3.84. The zero-order chi connectivity index (χ0) is 26.4. The molecule has 11 heteroatoms. The molecule has 2 aromatic carbocycles. The molecule has 2 aromatic heterocycles. The van der Waals surface area contributed by atoms with Crippen LogP contribution in [0.4, 0.5) is 0 Å². The van der Waals surface area contributed by atoms with E-state index in [-0.39, 0.29) is 34.6 Å². The lowest BCUT2D eigenvalue weighted by Crippen LogP contribution is -2.37. The first-order chi connectivity index (χ1) is 18.3. The Morgan fingerprint density at radius 2 is 1.79 bits per heavy atom. The number of sulfonamides is 1. The summed E-state index contributed by atoms with van der Waals surface area (Å²) in [6.45, 7) is 3.20. The number of hydrogen-bond donors (Lipinski definition) is 0. The van der Waals surface area contributed by atoms with Crippen LogP contribution in [-0.4, -0.2) is 46.8 Å². The smallest absolute Gasteiger partial charge is 0.262 e. The number of aromatic nitrogens is 2. The van der Waals surface area contributed by atoms with Crippen LogP contribution in [-0.2, 0) is 29.5 Å². The maximum absolute atomic E-state index is 13.7. The number of piperidine rings is 1. The van der Waals surface area contributed by atoms with E-state index in [9.17, 15) is 13.2 Å². The maximum Gasteiger partial charge on any atom is 0.262 e. The standard InChI is InChI=1S/C27H26Cl2N4O3S2/c28-19-6-7-22(29)24(14-19)38(35,36)32-13-10-21-23(16-32)37-26-25(21)27(34)33(17-30-26)20-8-11-31(12-9-20)15-18-4-2-1-3-5-18/h1-7,14,17,20H,8-13,15-16H2. The van der Waals surface area contributed by atoms with Crippen molar-refractivity contribution >= 4 is 54.8 Å². The number of hydrogen-bond acceptors (Lipinski definition) is 6. The third-order valence-corrected chi connectivity index (χ3v) is 11.1. The highest BCUT2D eigenvalue weighted by molar-refractivity contribution is 7.89. The zero-order valence-electron chi connectivity index (χ0n) is 20.5. The molecule has 198 valence electrons. The largest absolute Gasteiger partial charge is 0.299 e. The van der Waals surface area contributed by atoms with Crippen molar-refractivity contribution in [1.29, 1.82) is 0 Å². The first-order valence-electron chi connectivity index (χ1n) is 12.5. The first kappa shape index (κ1) is 26.0. The topological polar surface area (TPSA) is 75.5 Å². The lowest BCUT2D eigenvalue weighted by molar-refractivity contribution is 0.177. The van der Waals surface area contributed by atoms with Crippen molar-refractivity contribution in [3.8, 4) is 0 Å². The predicted molar refractivity (Wildman–Crippen MR) is 152 cm³/mol. The van der Waals surface area contributed by atoms with E-state index in [0.717, 1.165) is 42.9 Å². The van der Waals surface area contributed by atoms with Gasteiger partial charge < -0.3 is 0 Å². The van der Waals surface area contributed by atoms with Gasteiger partial charge in [0.1, 0.15) is 9.73 Å². The van der Waals surface area contributed by atoms with Gasteiger partial charge in [-0.2, -0.15) is 4.31 Å². The summed E-state index contributed by atoms with van der Waals surface area (Å²) in [5.41, 5.74) is 2.19. The Hall–Kier alpha value is -2.27. The van der Waals surface area contributed by atoms with Gasteiger partial charge in [-0.15, -0.1) is 11.3 Å². The number of likely N-dealkylation sites (tertiary alicyclic amines) is 1. The molecule has 4 aromatic rings. The maximum atomic E-state index is 13.7. The molecule has 0 unspecified atom stereocenters. The minimum absolute atomic E-state index is 0.00434. The fourth-order valence-corrected chi connectivity index (χ4v) is 8.87. The predicted octanol–water partition coefficient (Wildman–Crippen LogP) is 5.35. The summed E-state index contributed by atoms with van der Waals surface area (Å²) in [5, 5.41) is 1.08. The summed E-state index contributed by atoms with van der Waals surface area (Å²) < 4.78 is 29.9. The zero-order valence-corrected chi connectivity index (χ0v) is 23.7. The molecule has 2 aliphatic heterocycles. The van der Waals surface area contributed by atoms with Gasteiger partial charge in [0.25, 0.3) is 5.56 Å². The van der Waals surface area contributed by atoms with Crippen molar-refractivity contribution in [3.63, 3.8) is 0 Å². The highest BCUT2D eigenvalue weighted by Gasteiger charge is 2.33. The van der Waals surface area contributed by atoms with Crippen LogP contribution in [0, 0.1) is 0 Å². The fourth-order valence-electron chi connectivity index (χ4n) is 5.45. The molecule has 1 fully saturated rings. The minimum Gasteiger partial charge on any atom is -0.299 e. The van der Waals surface area contributed by atoms with E-state index in [4.69, 9.17) is 23.2 Å². The van der Waals surface area contributed by atoms with Gasteiger partial charge in [-0.05, 0) is 48.6 Å². The van der Waals surface area contributed by atoms with Crippen LogP contribution in [0.25, 0.3) is 10.2 Å². The normalized spacial score (nSPS) is 17.6. The van der Waals surface area contributed by atoms with E-state index in [1.165, 1.54) is 33.3 Å². The fraction of sp³-hybridized carbons (Fsp3) is 0.333. The van der Waals surface area contributed by atoms with Crippen molar-refractivity contribution in [2.24, 2.45) is 0 Å². The van der Waals surface area contributed by atoms with E-state index in [0.29, 0.717) is 21.7 Å². The van der Waals surface area contributed by atoms with E-state index < -0.39 is 10.0 Å². The second kappa shape index (κ2) is 10.4. The molecule has 0 amide bonds. The molecule has 6 rings (SSSR count). The molecule has 1 saturated heterocycles. The monoisotopic (exact) mass is 588 g/mol. The molecule has 0 N–H and O–H groups in total. The van der Waals surface area contributed by atoms with Crippen LogP contribution < -0.4 is 5.56 Å². The Kier molecular flexibility index (Phi) is 7.09. The molecule has 2 aliphatic rings. The molecular formula is C27H26Cl2N4O3S2. The van der Waals surface area contributed by atoms with Crippen LogP contribution in [0.15, 0.2) is 64.5 Å². The van der Waals surface area contributed by atoms with E-state index in [1.54, 1.807) is 17.0 Å². The second-order valence-corrected chi connectivity index (χ2v) is 13.6. The van der Waals surface area contributed by atoms with Gasteiger partial charge in [-0.3, -0.25) is 14.3 Å². The summed E-state index contributed by atoms with van der Waals surface area (Å²) >= 11 is 13.7. The average molecular weight is 590 g/mol. The van der Waals surface area contributed by atoms with Gasteiger partial charge in [0.15, 0.2) is 0 Å². The molecule has 0 aliphatic carbocycles.